The normalized spacial score (nSPS) is 17.0. The molecule has 2 amide bonds. The van der Waals surface area contributed by atoms with Gasteiger partial charge in [0, 0.05) is 12.6 Å². The Kier molecular flexibility index (Phi) is 5.82. The van der Waals surface area contributed by atoms with Crippen LogP contribution in [0.1, 0.15) is 32.1 Å². The van der Waals surface area contributed by atoms with Crippen LogP contribution in [0.3, 0.4) is 0 Å². The van der Waals surface area contributed by atoms with Gasteiger partial charge in [-0.25, -0.2) is 14.8 Å². The second-order valence-electron chi connectivity index (χ2n) is 6.89. The molecule has 0 saturated heterocycles. The summed E-state index contributed by atoms with van der Waals surface area (Å²) in [5.41, 5.74) is 2.45. The van der Waals surface area contributed by atoms with Crippen molar-refractivity contribution >= 4 is 31.5 Å². The average molecular weight is 379 g/mol. The van der Waals surface area contributed by atoms with Gasteiger partial charge in [-0.1, -0.05) is 43.6 Å². The Morgan fingerprint density at radius 3 is 2.68 bits per heavy atom. The van der Waals surface area contributed by atoms with Gasteiger partial charge in [-0.3, -0.25) is 4.79 Å². The Hall–Kier alpha value is -3.10. The van der Waals surface area contributed by atoms with Gasteiger partial charge in [-0.2, -0.15) is 5.10 Å². The Balaban J connectivity index is 1.80. The van der Waals surface area contributed by atoms with Gasteiger partial charge in [0.05, 0.1) is 19.0 Å². The largest absolute Gasteiger partial charge is 0.453 e. The van der Waals surface area contributed by atoms with E-state index in [4.69, 9.17) is 7.85 Å². The van der Waals surface area contributed by atoms with Gasteiger partial charge in [-0.15, -0.1) is 0 Å². The molecule has 9 heteroatoms. The van der Waals surface area contributed by atoms with E-state index in [1.165, 1.54) is 12.1 Å². The summed E-state index contributed by atoms with van der Waals surface area (Å²) >= 11 is 0. The van der Waals surface area contributed by atoms with E-state index in [2.05, 4.69) is 25.1 Å². The van der Waals surface area contributed by atoms with Crippen molar-refractivity contribution < 1.29 is 14.3 Å². The van der Waals surface area contributed by atoms with Gasteiger partial charge in [-0.05, 0) is 11.5 Å². The fourth-order valence-electron chi connectivity index (χ4n) is 3.01. The van der Waals surface area contributed by atoms with E-state index in [0.717, 1.165) is 11.3 Å². The van der Waals surface area contributed by atoms with E-state index in [1.807, 2.05) is 38.1 Å². The molecular formula is C19H22BN5O3. The lowest BCUT2D eigenvalue weighted by molar-refractivity contribution is -0.136. The molecule has 2 atom stereocenters. The lowest BCUT2D eigenvalue weighted by Crippen LogP contribution is -2.50. The molecule has 1 aliphatic rings. The molecule has 0 saturated carbocycles. The van der Waals surface area contributed by atoms with Crippen molar-refractivity contribution in [3.8, 4) is 11.3 Å². The van der Waals surface area contributed by atoms with Crippen LogP contribution in [0.5, 0.6) is 0 Å². The van der Waals surface area contributed by atoms with Crippen LogP contribution in [0.2, 0.25) is 0 Å². The SMILES string of the molecule is [B]c1ccc(-c2cnc([C@@H]3CC=NN3C(=O)[C@@H](NC(=O)OC)C(C)C)[nH]2)cc1. The molecule has 2 radical (unpaired) electrons. The van der Waals surface area contributed by atoms with Crippen LogP contribution in [0.25, 0.3) is 11.3 Å². The quantitative estimate of drug-likeness (QED) is 0.770. The topological polar surface area (TPSA) is 99.7 Å². The predicted octanol–water partition coefficient (Wildman–Crippen LogP) is 1.51. The summed E-state index contributed by atoms with van der Waals surface area (Å²) in [6.07, 6.45) is 3.26. The van der Waals surface area contributed by atoms with E-state index in [-0.39, 0.29) is 17.9 Å². The van der Waals surface area contributed by atoms with Crippen molar-refractivity contribution in [2.45, 2.75) is 32.4 Å². The number of methoxy groups -OCH3 is 1. The number of nitrogens with zero attached hydrogens (tertiary/aromatic N) is 3. The smallest absolute Gasteiger partial charge is 0.407 e. The molecule has 1 aliphatic heterocycles. The zero-order valence-corrected chi connectivity index (χ0v) is 16.0. The highest BCUT2D eigenvalue weighted by molar-refractivity contribution is 6.32. The van der Waals surface area contributed by atoms with Gasteiger partial charge >= 0.3 is 6.09 Å². The fraction of sp³-hybridized carbons (Fsp3) is 0.368. The number of hydrazone groups is 1. The molecule has 2 N–H and O–H groups in total. The molecule has 0 aliphatic carbocycles. The van der Waals surface area contributed by atoms with E-state index in [0.29, 0.717) is 17.7 Å². The Bertz CT molecular complexity index is 878. The number of benzene rings is 1. The summed E-state index contributed by atoms with van der Waals surface area (Å²) < 4.78 is 4.63. The fourth-order valence-corrected chi connectivity index (χ4v) is 3.01. The molecule has 0 bridgehead atoms. The number of hydrogen-bond donors (Lipinski definition) is 2. The van der Waals surface area contributed by atoms with Crippen molar-refractivity contribution in [1.29, 1.82) is 0 Å². The van der Waals surface area contributed by atoms with Gasteiger partial charge in [0.1, 0.15) is 25.8 Å². The second kappa shape index (κ2) is 8.29. The maximum atomic E-state index is 13.0. The average Bonchev–Trinajstić information content (AvgIpc) is 3.34. The maximum absolute atomic E-state index is 13.0. The van der Waals surface area contributed by atoms with Crippen LogP contribution in [-0.4, -0.2) is 54.2 Å². The molecule has 2 aromatic rings. The lowest BCUT2D eigenvalue weighted by Gasteiger charge is -2.27. The van der Waals surface area contributed by atoms with Crippen LogP contribution in [0.15, 0.2) is 35.6 Å². The lowest BCUT2D eigenvalue weighted by atomic mass is 9.95. The molecule has 1 aromatic heterocycles. The van der Waals surface area contributed by atoms with Crippen molar-refractivity contribution in [2.75, 3.05) is 7.11 Å². The highest BCUT2D eigenvalue weighted by atomic mass is 16.5. The number of aromatic amines is 1. The third-order valence-corrected chi connectivity index (χ3v) is 4.58. The molecule has 0 fully saturated rings. The number of amides is 2. The van der Waals surface area contributed by atoms with E-state index in [9.17, 15) is 9.59 Å². The number of rotatable bonds is 5. The summed E-state index contributed by atoms with van der Waals surface area (Å²) in [5, 5.41) is 8.16. The van der Waals surface area contributed by atoms with Gasteiger partial charge < -0.3 is 15.0 Å². The van der Waals surface area contributed by atoms with Gasteiger partial charge in [0.15, 0.2) is 0 Å². The summed E-state index contributed by atoms with van der Waals surface area (Å²) in [7, 11) is 6.99. The second-order valence-corrected chi connectivity index (χ2v) is 6.89. The third-order valence-electron chi connectivity index (χ3n) is 4.58. The van der Waals surface area contributed by atoms with Gasteiger partial charge in [0.2, 0.25) is 0 Å². The van der Waals surface area contributed by atoms with E-state index >= 15 is 0 Å². The van der Waals surface area contributed by atoms with E-state index < -0.39 is 12.1 Å². The first-order chi connectivity index (χ1) is 13.4. The monoisotopic (exact) mass is 379 g/mol. The van der Waals surface area contributed by atoms with Crippen molar-refractivity contribution in [2.24, 2.45) is 11.0 Å². The minimum absolute atomic E-state index is 0.134. The summed E-state index contributed by atoms with van der Waals surface area (Å²) in [5.74, 6) is 0.174. The first-order valence-electron chi connectivity index (χ1n) is 9.01. The summed E-state index contributed by atoms with van der Waals surface area (Å²) in [4.78, 5) is 32.3. The van der Waals surface area contributed by atoms with Crippen LogP contribution in [0, 0.1) is 5.92 Å². The summed E-state index contributed by atoms with van der Waals surface area (Å²) in [6.45, 7) is 3.69. The zero-order chi connectivity index (χ0) is 20.3. The number of ether oxygens (including phenoxy) is 1. The number of hydrogen-bond acceptors (Lipinski definition) is 5. The maximum Gasteiger partial charge on any atom is 0.407 e. The first kappa shape index (κ1) is 19.7. The summed E-state index contributed by atoms with van der Waals surface area (Å²) in [6, 6.07) is 6.31. The minimum Gasteiger partial charge on any atom is -0.453 e. The number of carbonyl (C=O) groups is 2. The van der Waals surface area contributed by atoms with Gasteiger partial charge in [0.25, 0.3) is 5.91 Å². The number of nitrogens with one attached hydrogen (secondary N) is 2. The third kappa shape index (κ3) is 4.08. The molecule has 0 spiro atoms. The Morgan fingerprint density at radius 2 is 2.04 bits per heavy atom. The number of aromatic nitrogens is 2. The van der Waals surface area contributed by atoms with Crippen LogP contribution < -0.4 is 10.8 Å². The number of alkyl carbamates (subject to hydrolysis) is 1. The first-order valence-corrected chi connectivity index (χ1v) is 9.01. The van der Waals surface area contributed by atoms with Crippen LogP contribution >= 0.6 is 0 Å². The Labute approximate surface area is 164 Å². The van der Waals surface area contributed by atoms with Crippen molar-refractivity contribution in [3.05, 3.63) is 36.3 Å². The highest BCUT2D eigenvalue weighted by Gasteiger charge is 2.36. The van der Waals surface area contributed by atoms with Crippen molar-refractivity contribution in [3.63, 3.8) is 0 Å². The molecule has 144 valence electrons. The minimum atomic E-state index is -0.753. The molecule has 1 aromatic carbocycles. The number of H-pyrrole nitrogens is 1. The number of carbonyl (C=O) groups excluding carboxylic acids is 2. The zero-order valence-electron chi connectivity index (χ0n) is 16.0. The highest BCUT2D eigenvalue weighted by Crippen LogP contribution is 2.29. The molecule has 3 rings (SSSR count). The predicted molar refractivity (Wildman–Crippen MR) is 106 cm³/mol. The molecule has 2 heterocycles. The number of imidazole rings is 1. The van der Waals surface area contributed by atoms with Crippen LogP contribution in [0.4, 0.5) is 4.79 Å². The molecule has 28 heavy (non-hydrogen) atoms. The standard InChI is InChI=1S/C19H22BN5O3/c1-11(2)16(24-19(27)28-3)18(26)25-15(8-9-22-25)17-21-10-14(23-17)12-4-6-13(20)7-5-12/h4-7,9-11,15-16H,8H2,1-3H3,(H,21,23)(H,24,27)/t15-,16-/m0/s1. The van der Waals surface area contributed by atoms with E-state index in [1.54, 1.807) is 12.4 Å². The molecule has 8 nitrogen and oxygen atoms in total. The molecular weight excluding hydrogens is 357 g/mol. The van der Waals surface area contributed by atoms with Crippen molar-refractivity contribution in [1.82, 2.24) is 20.3 Å². The molecule has 0 unspecified atom stereocenters. The van der Waals surface area contributed by atoms with Crippen LogP contribution in [-0.2, 0) is 9.53 Å². The Morgan fingerprint density at radius 1 is 1.32 bits per heavy atom.